The molecule has 10 rings (SSSR count). The Kier molecular flexibility index (Phi) is 6.30. The third kappa shape index (κ3) is 4.16. The van der Waals surface area contributed by atoms with Crippen LogP contribution in [0, 0.1) is 0 Å². The van der Waals surface area contributed by atoms with E-state index < -0.39 is 8.07 Å². The zero-order valence-corrected chi connectivity index (χ0v) is 27.9. The third-order valence-corrected chi connectivity index (χ3v) is 15.4. The monoisotopic (exact) mass is 640 g/mol. The van der Waals surface area contributed by atoms with Crippen molar-refractivity contribution in [2.75, 3.05) is 4.90 Å². The molecule has 0 N–H and O–H groups in total. The summed E-state index contributed by atoms with van der Waals surface area (Å²) in [5.74, 6) is 0.956. The Morgan fingerprint density at radius 1 is 0.469 bits per heavy atom. The molecule has 0 saturated carbocycles. The number of anilines is 3. The normalized spacial score (nSPS) is 13.8. The Balaban J connectivity index is 1.30. The topological polar surface area (TPSA) is 16.1 Å². The standard InChI is InChI=1S/C46H32N2Si/c1-3-15-37(16-4-1)49(38-17-5-2-6-18-38)44-22-12-11-21-42(44)48(46-40-20-10-7-13-32(40)27-28-47-46)43-26-25-34(31-45(43)49)33-23-24-36-29-35-14-8-9-19-39(35)41(36)30-33/h1-28,30-31H,29H2. The molecule has 3 heteroatoms. The molecule has 1 aliphatic heterocycles. The smallest absolute Gasteiger partial charge is 0.184 e. The first-order valence-electron chi connectivity index (χ1n) is 17.0. The molecule has 2 nitrogen and oxygen atoms in total. The number of para-hydroxylation sites is 1. The van der Waals surface area contributed by atoms with E-state index in [0.717, 1.165) is 17.6 Å². The molecule has 8 aromatic rings. The number of hydrogen-bond acceptors (Lipinski definition) is 2. The van der Waals surface area contributed by atoms with Crippen LogP contribution in [-0.4, -0.2) is 13.1 Å². The minimum atomic E-state index is -2.83. The van der Waals surface area contributed by atoms with E-state index in [9.17, 15) is 0 Å². The summed E-state index contributed by atoms with van der Waals surface area (Å²) < 4.78 is 0. The van der Waals surface area contributed by atoms with Gasteiger partial charge in [-0.1, -0.05) is 152 Å². The second kappa shape index (κ2) is 11.0. The summed E-state index contributed by atoms with van der Waals surface area (Å²) in [7, 11) is -2.83. The lowest BCUT2D eigenvalue weighted by Crippen LogP contribution is -2.77. The summed E-state index contributed by atoms with van der Waals surface area (Å²) in [5.41, 5.74) is 10.4. The van der Waals surface area contributed by atoms with Gasteiger partial charge in [0.25, 0.3) is 0 Å². The van der Waals surface area contributed by atoms with Crippen LogP contribution in [0.25, 0.3) is 33.0 Å². The molecule has 2 heterocycles. The Bertz CT molecular complexity index is 2500. The SMILES string of the molecule is c1ccc([Si]2(c3ccccc3)c3ccccc3N(c3nccc4ccccc34)c3ccc(-c4ccc5c(c4)-c4ccccc4C5)cc32)cc1. The van der Waals surface area contributed by atoms with Gasteiger partial charge in [-0.25, -0.2) is 4.98 Å². The molecule has 0 bridgehead atoms. The zero-order valence-electron chi connectivity index (χ0n) is 26.9. The number of hydrogen-bond donors (Lipinski definition) is 0. The van der Waals surface area contributed by atoms with E-state index in [1.54, 1.807) is 0 Å². The largest absolute Gasteiger partial charge is 0.295 e. The van der Waals surface area contributed by atoms with Crippen molar-refractivity contribution in [3.8, 4) is 22.3 Å². The fourth-order valence-corrected chi connectivity index (χ4v) is 13.6. The van der Waals surface area contributed by atoms with Gasteiger partial charge in [0.15, 0.2) is 8.07 Å². The molecular formula is C46H32N2Si. The molecule has 1 aliphatic carbocycles. The molecule has 0 radical (unpaired) electrons. The van der Waals surface area contributed by atoms with Crippen molar-refractivity contribution in [3.63, 3.8) is 0 Å². The van der Waals surface area contributed by atoms with Crippen LogP contribution in [0.4, 0.5) is 17.2 Å². The van der Waals surface area contributed by atoms with Crippen LogP contribution in [0.1, 0.15) is 11.1 Å². The Hall–Kier alpha value is -6.03. The highest BCUT2D eigenvalue weighted by Gasteiger charge is 2.49. The lowest BCUT2D eigenvalue weighted by Gasteiger charge is -2.45. The Morgan fingerprint density at radius 2 is 1.10 bits per heavy atom. The van der Waals surface area contributed by atoms with Crippen molar-refractivity contribution < 1.29 is 0 Å². The molecule has 7 aromatic carbocycles. The van der Waals surface area contributed by atoms with Crippen molar-refractivity contribution in [3.05, 3.63) is 193 Å². The van der Waals surface area contributed by atoms with Gasteiger partial charge in [-0.15, -0.1) is 0 Å². The molecule has 0 amide bonds. The van der Waals surface area contributed by atoms with E-state index in [2.05, 4.69) is 181 Å². The minimum Gasteiger partial charge on any atom is -0.295 e. The summed E-state index contributed by atoms with van der Waals surface area (Å²) in [6, 6.07) is 65.4. The predicted octanol–water partition coefficient (Wildman–Crippen LogP) is 8.63. The molecule has 0 atom stereocenters. The van der Waals surface area contributed by atoms with Gasteiger partial charge in [-0.2, -0.15) is 0 Å². The van der Waals surface area contributed by atoms with E-state index in [0.29, 0.717) is 0 Å². The summed E-state index contributed by atoms with van der Waals surface area (Å²) >= 11 is 0. The molecule has 1 aromatic heterocycles. The van der Waals surface area contributed by atoms with Gasteiger partial charge in [0, 0.05) is 23.0 Å². The second-order valence-electron chi connectivity index (χ2n) is 13.1. The number of pyridine rings is 1. The average molecular weight is 641 g/mol. The minimum absolute atomic E-state index is 0.956. The molecule has 0 saturated heterocycles. The molecule has 0 spiro atoms. The van der Waals surface area contributed by atoms with Crippen LogP contribution < -0.4 is 25.6 Å². The average Bonchev–Trinajstić information content (AvgIpc) is 3.55. The number of fused-ring (bicyclic) bond motifs is 6. The molecule has 230 valence electrons. The maximum atomic E-state index is 5.10. The van der Waals surface area contributed by atoms with Gasteiger partial charge in [-0.3, -0.25) is 4.90 Å². The summed E-state index contributed by atoms with van der Waals surface area (Å²) in [6.45, 7) is 0. The van der Waals surface area contributed by atoms with Crippen LogP contribution >= 0.6 is 0 Å². The summed E-state index contributed by atoms with van der Waals surface area (Å²) in [6.07, 6.45) is 2.95. The number of nitrogens with zero attached hydrogens (tertiary/aromatic N) is 2. The summed E-state index contributed by atoms with van der Waals surface area (Å²) in [4.78, 5) is 7.53. The van der Waals surface area contributed by atoms with Gasteiger partial charge in [0.1, 0.15) is 5.82 Å². The maximum Gasteiger partial charge on any atom is 0.184 e. The fourth-order valence-electron chi connectivity index (χ4n) is 8.45. The van der Waals surface area contributed by atoms with E-state index in [4.69, 9.17) is 4.98 Å². The van der Waals surface area contributed by atoms with Crippen LogP contribution in [-0.2, 0) is 6.42 Å². The van der Waals surface area contributed by atoms with E-state index in [1.807, 2.05) is 6.20 Å². The quantitative estimate of drug-likeness (QED) is 0.179. The highest BCUT2D eigenvalue weighted by atomic mass is 28.3. The Morgan fingerprint density at radius 3 is 1.94 bits per heavy atom. The van der Waals surface area contributed by atoms with Crippen molar-refractivity contribution in [2.45, 2.75) is 6.42 Å². The summed E-state index contributed by atoms with van der Waals surface area (Å²) in [5, 5.41) is 7.81. The predicted molar refractivity (Wildman–Crippen MR) is 207 cm³/mol. The molecule has 2 aliphatic rings. The number of rotatable bonds is 4. The van der Waals surface area contributed by atoms with Gasteiger partial charge in [-0.05, 0) is 90.2 Å². The van der Waals surface area contributed by atoms with E-state index in [-0.39, 0.29) is 0 Å². The van der Waals surface area contributed by atoms with Crippen molar-refractivity contribution in [1.82, 2.24) is 4.98 Å². The van der Waals surface area contributed by atoms with E-state index >= 15 is 0 Å². The van der Waals surface area contributed by atoms with Gasteiger partial charge >= 0.3 is 0 Å². The van der Waals surface area contributed by atoms with Crippen molar-refractivity contribution >= 4 is 56.8 Å². The van der Waals surface area contributed by atoms with Crippen LogP contribution in [0.5, 0.6) is 0 Å². The number of aromatic nitrogens is 1. The molecular weight excluding hydrogens is 609 g/mol. The maximum absolute atomic E-state index is 5.10. The number of benzene rings is 7. The Labute approximate surface area is 287 Å². The molecule has 0 fully saturated rings. The zero-order chi connectivity index (χ0) is 32.4. The molecule has 49 heavy (non-hydrogen) atoms. The van der Waals surface area contributed by atoms with E-state index in [1.165, 1.54) is 70.9 Å². The first-order valence-corrected chi connectivity index (χ1v) is 19.0. The lowest BCUT2D eigenvalue weighted by atomic mass is 9.98. The highest BCUT2D eigenvalue weighted by Crippen LogP contribution is 2.42. The van der Waals surface area contributed by atoms with Gasteiger partial charge < -0.3 is 0 Å². The van der Waals surface area contributed by atoms with Crippen molar-refractivity contribution in [2.24, 2.45) is 0 Å². The van der Waals surface area contributed by atoms with Crippen molar-refractivity contribution in [1.29, 1.82) is 0 Å². The lowest BCUT2D eigenvalue weighted by molar-refractivity contribution is 1.20. The fraction of sp³-hybridized carbons (Fsp3) is 0.0217. The second-order valence-corrected chi connectivity index (χ2v) is 16.9. The van der Waals surface area contributed by atoms with Crippen LogP contribution in [0.2, 0.25) is 0 Å². The molecule has 0 unspecified atom stereocenters. The first kappa shape index (κ1) is 28.0. The van der Waals surface area contributed by atoms with Crippen LogP contribution in [0.3, 0.4) is 0 Å². The highest BCUT2D eigenvalue weighted by molar-refractivity contribution is 7.21. The third-order valence-electron chi connectivity index (χ3n) is 10.6. The van der Waals surface area contributed by atoms with Crippen LogP contribution in [0.15, 0.2) is 182 Å². The van der Waals surface area contributed by atoms with Gasteiger partial charge in [0.2, 0.25) is 0 Å². The first-order chi connectivity index (χ1) is 24.3. The van der Waals surface area contributed by atoms with Gasteiger partial charge in [0.05, 0.1) is 0 Å².